The van der Waals surface area contributed by atoms with Gasteiger partial charge in [0.15, 0.2) is 0 Å². The monoisotopic (exact) mass is 460 g/mol. The van der Waals surface area contributed by atoms with E-state index >= 15 is 0 Å². The Morgan fingerprint density at radius 3 is 2.30 bits per heavy atom. The molecule has 0 amide bonds. The van der Waals surface area contributed by atoms with Gasteiger partial charge in [-0.15, -0.1) is 0 Å². The zero-order chi connectivity index (χ0) is 14.9. The molecule has 0 aromatic heterocycles. The predicted molar refractivity (Wildman–Crippen MR) is 95.1 cm³/mol. The van der Waals surface area contributed by atoms with Gasteiger partial charge in [-0.1, -0.05) is 53.9 Å². The number of benzene rings is 2. The lowest BCUT2D eigenvalue weighted by Crippen LogP contribution is -2.00. The number of aryl methyl sites for hydroxylation is 2. The van der Waals surface area contributed by atoms with E-state index in [2.05, 4.69) is 92.0 Å². The van der Waals surface area contributed by atoms with Gasteiger partial charge in [-0.2, -0.15) is 0 Å². The summed E-state index contributed by atoms with van der Waals surface area (Å²) in [5.41, 5.74) is 4.75. The van der Waals surface area contributed by atoms with Crippen LogP contribution in [0.3, 0.4) is 0 Å². The summed E-state index contributed by atoms with van der Waals surface area (Å²) < 4.78 is 7.70. The molecule has 0 fully saturated rings. The number of hydrogen-bond donors (Lipinski definition) is 0. The fourth-order valence-electron chi connectivity index (χ4n) is 2.10. The van der Waals surface area contributed by atoms with Crippen LogP contribution in [0.5, 0.6) is 5.75 Å². The van der Waals surface area contributed by atoms with Crippen LogP contribution in [-0.4, -0.2) is 7.11 Å². The fourth-order valence-corrected chi connectivity index (χ4v) is 3.69. The molecular formula is C16H15Br3O. The average molecular weight is 463 g/mol. The fraction of sp³-hybridized carbons (Fsp3) is 0.250. The summed E-state index contributed by atoms with van der Waals surface area (Å²) >= 11 is 10.9. The highest BCUT2D eigenvalue weighted by Crippen LogP contribution is 2.41. The first-order valence-electron chi connectivity index (χ1n) is 6.18. The van der Waals surface area contributed by atoms with Gasteiger partial charge in [0.25, 0.3) is 0 Å². The molecule has 106 valence electrons. The molecule has 0 saturated heterocycles. The lowest BCUT2D eigenvalue weighted by molar-refractivity contribution is 0.410. The quantitative estimate of drug-likeness (QED) is 0.485. The smallest absolute Gasteiger partial charge is 0.123 e. The molecule has 0 radical (unpaired) electrons. The van der Waals surface area contributed by atoms with E-state index in [-0.39, 0.29) is 4.83 Å². The molecule has 2 rings (SSSR count). The second-order valence-electron chi connectivity index (χ2n) is 4.71. The van der Waals surface area contributed by atoms with Crippen molar-refractivity contribution in [2.75, 3.05) is 7.11 Å². The molecule has 0 aliphatic rings. The van der Waals surface area contributed by atoms with Crippen molar-refractivity contribution in [1.82, 2.24) is 0 Å². The van der Waals surface area contributed by atoms with Crippen LogP contribution < -0.4 is 4.74 Å². The lowest BCUT2D eigenvalue weighted by atomic mass is 9.99. The Morgan fingerprint density at radius 2 is 1.65 bits per heavy atom. The SMILES string of the molecule is COc1cc(C)c(Br)cc1C(Br)c1cc(Br)ccc1C. The Kier molecular flexibility index (Phi) is 5.32. The third kappa shape index (κ3) is 3.29. The van der Waals surface area contributed by atoms with Gasteiger partial charge in [-0.3, -0.25) is 0 Å². The molecule has 0 aliphatic heterocycles. The van der Waals surface area contributed by atoms with Gasteiger partial charge in [-0.25, -0.2) is 0 Å². The first kappa shape index (κ1) is 16.1. The maximum absolute atomic E-state index is 5.53. The third-order valence-electron chi connectivity index (χ3n) is 3.30. The van der Waals surface area contributed by atoms with E-state index in [1.54, 1.807) is 7.11 Å². The Morgan fingerprint density at radius 1 is 0.950 bits per heavy atom. The van der Waals surface area contributed by atoms with Crippen LogP contribution in [-0.2, 0) is 0 Å². The van der Waals surface area contributed by atoms with Gasteiger partial charge in [0, 0.05) is 14.5 Å². The lowest BCUT2D eigenvalue weighted by Gasteiger charge is -2.18. The molecule has 0 heterocycles. The molecule has 1 nitrogen and oxygen atoms in total. The summed E-state index contributed by atoms with van der Waals surface area (Å²) in [5, 5.41) is 0. The molecule has 1 unspecified atom stereocenters. The van der Waals surface area contributed by atoms with Gasteiger partial charge in [-0.05, 0) is 54.8 Å². The Bertz CT molecular complexity index is 638. The molecule has 0 spiro atoms. The zero-order valence-corrected chi connectivity index (χ0v) is 16.3. The number of hydrogen-bond acceptors (Lipinski definition) is 1. The van der Waals surface area contributed by atoms with Crippen LogP contribution in [0.25, 0.3) is 0 Å². The highest BCUT2D eigenvalue weighted by molar-refractivity contribution is 9.11. The van der Waals surface area contributed by atoms with E-state index in [0.717, 1.165) is 25.8 Å². The molecule has 0 saturated carbocycles. The van der Waals surface area contributed by atoms with Crippen LogP contribution in [0.1, 0.15) is 27.1 Å². The van der Waals surface area contributed by atoms with Crippen LogP contribution in [0, 0.1) is 13.8 Å². The van der Waals surface area contributed by atoms with E-state index in [0.29, 0.717) is 0 Å². The van der Waals surface area contributed by atoms with Crippen molar-refractivity contribution in [2.24, 2.45) is 0 Å². The van der Waals surface area contributed by atoms with Crippen molar-refractivity contribution < 1.29 is 4.74 Å². The van der Waals surface area contributed by atoms with Crippen molar-refractivity contribution in [3.63, 3.8) is 0 Å². The van der Waals surface area contributed by atoms with E-state index < -0.39 is 0 Å². The summed E-state index contributed by atoms with van der Waals surface area (Å²) in [4.78, 5) is 0.0897. The number of rotatable bonds is 3. The van der Waals surface area contributed by atoms with Crippen LogP contribution in [0.15, 0.2) is 39.3 Å². The van der Waals surface area contributed by atoms with Crippen molar-refractivity contribution in [3.8, 4) is 5.75 Å². The van der Waals surface area contributed by atoms with Gasteiger partial charge in [0.05, 0.1) is 11.9 Å². The molecule has 0 aliphatic carbocycles. The summed E-state index contributed by atoms with van der Waals surface area (Å²) in [6.45, 7) is 4.18. The topological polar surface area (TPSA) is 9.23 Å². The predicted octanol–water partition coefficient (Wildman–Crippen LogP) is 6.32. The Labute approximate surface area is 145 Å². The standard InChI is InChI=1S/C16H15Br3O/c1-9-4-5-11(17)7-12(9)16(19)13-8-14(18)10(2)6-15(13)20-3/h4-8,16H,1-3H3. The van der Waals surface area contributed by atoms with E-state index in [4.69, 9.17) is 4.74 Å². The summed E-state index contributed by atoms with van der Waals surface area (Å²) in [6.07, 6.45) is 0. The minimum absolute atomic E-state index is 0.0897. The van der Waals surface area contributed by atoms with Crippen molar-refractivity contribution in [3.05, 3.63) is 61.5 Å². The summed E-state index contributed by atoms with van der Waals surface area (Å²) in [7, 11) is 1.71. The van der Waals surface area contributed by atoms with E-state index in [1.165, 1.54) is 11.1 Å². The highest BCUT2D eigenvalue weighted by Gasteiger charge is 2.18. The number of halogens is 3. The molecule has 1 atom stereocenters. The number of alkyl halides is 1. The number of ether oxygens (including phenoxy) is 1. The molecule has 0 N–H and O–H groups in total. The molecule has 0 bridgehead atoms. The van der Waals surface area contributed by atoms with Crippen molar-refractivity contribution in [1.29, 1.82) is 0 Å². The normalized spacial score (nSPS) is 12.3. The van der Waals surface area contributed by atoms with Gasteiger partial charge in [0.2, 0.25) is 0 Å². The van der Waals surface area contributed by atoms with Gasteiger partial charge < -0.3 is 4.74 Å². The van der Waals surface area contributed by atoms with Crippen molar-refractivity contribution >= 4 is 47.8 Å². The molecule has 2 aromatic rings. The first-order chi connectivity index (χ1) is 9.43. The molecule has 4 heteroatoms. The molecule has 2 aromatic carbocycles. The molecule has 20 heavy (non-hydrogen) atoms. The second-order valence-corrected chi connectivity index (χ2v) is 7.39. The van der Waals surface area contributed by atoms with Gasteiger partial charge >= 0.3 is 0 Å². The minimum atomic E-state index is 0.0897. The summed E-state index contributed by atoms with van der Waals surface area (Å²) in [5.74, 6) is 0.895. The average Bonchev–Trinajstić information content (AvgIpc) is 2.43. The zero-order valence-electron chi connectivity index (χ0n) is 11.5. The van der Waals surface area contributed by atoms with Crippen molar-refractivity contribution in [2.45, 2.75) is 18.7 Å². The Hall–Kier alpha value is -0.320. The maximum Gasteiger partial charge on any atom is 0.123 e. The maximum atomic E-state index is 5.53. The van der Waals surface area contributed by atoms with E-state index in [1.807, 2.05) is 0 Å². The van der Waals surface area contributed by atoms with E-state index in [9.17, 15) is 0 Å². The first-order valence-corrected chi connectivity index (χ1v) is 8.68. The molecular weight excluding hydrogens is 448 g/mol. The summed E-state index contributed by atoms with van der Waals surface area (Å²) in [6, 6.07) is 10.5. The second kappa shape index (κ2) is 6.63. The van der Waals surface area contributed by atoms with Crippen LogP contribution in [0.2, 0.25) is 0 Å². The largest absolute Gasteiger partial charge is 0.496 e. The minimum Gasteiger partial charge on any atom is -0.496 e. The Balaban J connectivity index is 2.55. The third-order valence-corrected chi connectivity index (χ3v) is 5.63. The van der Waals surface area contributed by atoms with Crippen LogP contribution in [0.4, 0.5) is 0 Å². The van der Waals surface area contributed by atoms with Crippen LogP contribution >= 0.6 is 47.8 Å². The van der Waals surface area contributed by atoms with Gasteiger partial charge in [0.1, 0.15) is 5.75 Å². The number of methoxy groups -OCH3 is 1. The highest BCUT2D eigenvalue weighted by atomic mass is 79.9.